The molecule has 0 radical (unpaired) electrons. The summed E-state index contributed by atoms with van der Waals surface area (Å²) in [5, 5.41) is 9.70. The molecule has 0 aromatic heterocycles. The zero-order valence-corrected chi connectivity index (χ0v) is 10.4. The average molecular weight is 274 g/mol. The highest BCUT2D eigenvalue weighted by Gasteiger charge is 2.65. The molecule has 1 aromatic carbocycles. The minimum atomic E-state index is -4.40. The van der Waals surface area contributed by atoms with Gasteiger partial charge in [0, 0.05) is 11.6 Å². The first-order valence-electron chi connectivity index (χ1n) is 6.30. The molecule has 2 aliphatic rings. The molecule has 1 N–H and O–H groups in total. The molecule has 19 heavy (non-hydrogen) atoms. The molecule has 1 aromatic rings. The van der Waals surface area contributed by atoms with Crippen molar-refractivity contribution in [2.45, 2.75) is 49.6 Å². The summed E-state index contributed by atoms with van der Waals surface area (Å²) in [7, 11) is 0. The number of hydrogen-bond acceptors (Lipinski definition) is 1. The fourth-order valence-corrected chi connectivity index (χ4v) is 2.70. The van der Waals surface area contributed by atoms with Crippen LogP contribution in [0.4, 0.5) is 17.6 Å². The lowest BCUT2D eigenvalue weighted by atomic mass is 9.88. The van der Waals surface area contributed by atoms with E-state index in [-0.39, 0.29) is 23.8 Å². The van der Waals surface area contributed by atoms with Gasteiger partial charge in [-0.25, -0.2) is 4.39 Å². The van der Waals surface area contributed by atoms with Gasteiger partial charge < -0.3 is 5.11 Å². The number of halogens is 4. The molecule has 1 nitrogen and oxygen atoms in total. The fraction of sp³-hybridized carbons (Fsp3) is 0.571. The van der Waals surface area contributed by atoms with Crippen molar-refractivity contribution in [1.29, 1.82) is 0 Å². The molecule has 0 heterocycles. The van der Waals surface area contributed by atoms with Crippen LogP contribution in [0.1, 0.15) is 43.7 Å². The van der Waals surface area contributed by atoms with Crippen molar-refractivity contribution in [2.24, 2.45) is 0 Å². The molecule has 0 bridgehead atoms. The topological polar surface area (TPSA) is 20.2 Å². The maximum atomic E-state index is 13.8. The average Bonchev–Trinajstić information content (AvgIpc) is 3.13. The first kappa shape index (κ1) is 12.8. The zero-order valence-electron chi connectivity index (χ0n) is 10.4. The Morgan fingerprint density at radius 3 is 2.05 bits per heavy atom. The van der Waals surface area contributed by atoms with Gasteiger partial charge in [-0.05, 0) is 42.7 Å². The summed E-state index contributed by atoms with van der Waals surface area (Å²) >= 11 is 0. The normalized spacial score (nSPS) is 23.2. The van der Waals surface area contributed by atoms with Crippen molar-refractivity contribution < 1.29 is 22.7 Å². The number of rotatable bonds is 2. The third kappa shape index (κ3) is 1.74. The summed E-state index contributed by atoms with van der Waals surface area (Å²) in [4.78, 5) is 0. The van der Waals surface area contributed by atoms with E-state index in [1.54, 1.807) is 0 Å². The molecular weight excluding hydrogens is 260 g/mol. The Balaban J connectivity index is 2.13. The van der Waals surface area contributed by atoms with E-state index in [4.69, 9.17) is 0 Å². The minimum Gasteiger partial charge on any atom is -0.508 e. The molecule has 2 saturated carbocycles. The number of phenols is 1. The molecule has 0 saturated heterocycles. The Kier molecular flexibility index (Phi) is 2.31. The van der Waals surface area contributed by atoms with Crippen LogP contribution >= 0.6 is 0 Å². The largest absolute Gasteiger partial charge is 0.508 e. The molecule has 2 fully saturated rings. The van der Waals surface area contributed by atoms with Gasteiger partial charge in [-0.15, -0.1) is 0 Å². The lowest BCUT2D eigenvalue weighted by Gasteiger charge is -2.23. The predicted octanol–water partition coefficient (Wildman–Crippen LogP) is 4.18. The molecule has 3 rings (SSSR count). The van der Waals surface area contributed by atoms with E-state index in [0.29, 0.717) is 5.56 Å². The van der Waals surface area contributed by atoms with Crippen LogP contribution in [0.25, 0.3) is 0 Å². The van der Waals surface area contributed by atoms with E-state index in [0.717, 1.165) is 18.9 Å². The van der Waals surface area contributed by atoms with Crippen LogP contribution < -0.4 is 0 Å². The highest BCUT2D eigenvalue weighted by Crippen LogP contribution is 2.62. The summed E-state index contributed by atoms with van der Waals surface area (Å²) < 4.78 is 53.1. The van der Waals surface area contributed by atoms with Gasteiger partial charge in [0.05, 0.1) is 5.41 Å². The highest BCUT2D eigenvalue weighted by molar-refractivity contribution is 5.49. The first-order valence-corrected chi connectivity index (χ1v) is 6.30. The van der Waals surface area contributed by atoms with Crippen molar-refractivity contribution in [1.82, 2.24) is 0 Å². The minimum absolute atomic E-state index is 0.0359. The van der Waals surface area contributed by atoms with Crippen molar-refractivity contribution in [2.75, 3.05) is 0 Å². The smallest absolute Gasteiger partial charge is 0.398 e. The van der Waals surface area contributed by atoms with Gasteiger partial charge >= 0.3 is 6.18 Å². The lowest BCUT2D eigenvalue weighted by Crippen LogP contribution is -2.29. The standard InChI is InChI=1S/C14H14F4O/c1-12(2-3-12)8-6-9(11(19)7-10(8)15)13(4-5-13)14(16,17)18/h6-7,19H,2-5H2,1H3. The molecular formula is C14H14F4O. The van der Waals surface area contributed by atoms with Gasteiger partial charge in [-0.1, -0.05) is 6.92 Å². The molecule has 2 aliphatic carbocycles. The molecule has 5 heteroatoms. The maximum absolute atomic E-state index is 13.8. The molecule has 0 amide bonds. The summed E-state index contributed by atoms with van der Waals surface area (Å²) in [6, 6.07) is 2.07. The summed E-state index contributed by atoms with van der Waals surface area (Å²) in [5.41, 5.74) is -2.20. The van der Waals surface area contributed by atoms with E-state index in [1.807, 2.05) is 6.92 Å². The number of alkyl halides is 3. The monoisotopic (exact) mass is 274 g/mol. The molecule has 104 valence electrons. The van der Waals surface area contributed by atoms with E-state index in [1.165, 1.54) is 6.07 Å². The Hall–Kier alpha value is -1.26. The van der Waals surface area contributed by atoms with Crippen LogP contribution in [0, 0.1) is 5.82 Å². The summed E-state index contributed by atoms with van der Waals surface area (Å²) in [5.74, 6) is -1.19. The van der Waals surface area contributed by atoms with Gasteiger partial charge in [0.2, 0.25) is 0 Å². The number of aromatic hydroxyl groups is 1. The van der Waals surface area contributed by atoms with Crippen LogP contribution in [0.2, 0.25) is 0 Å². The van der Waals surface area contributed by atoms with Crippen molar-refractivity contribution in [3.8, 4) is 5.75 Å². The van der Waals surface area contributed by atoms with Crippen molar-refractivity contribution in [3.63, 3.8) is 0 Å². The van der Waals surface area contributed by atoms with E-state index in [9.17, 15) is 22.7 Å². The third-order valence-electron chi connectivity index (χ3n) is 4.54. The Labute approximate surface area is 108 Å². The van der Waals surface area contributed by atoms with Crippen LogP contribution in [0.3, 0.4) is 0 Å². The quantitative estimate of drug-likeness (QED) is 0.802. The second kappa shape index (κ2) is 3.44. The molecule has 0 atom stereocenters. The van der Waals surface area contributed by atoms with Gasteiger partial charge in [-0.3, -0.25) is 0 Å². The molecule has 0 unspecified atom stereocenters. The Morgan fingerprint density at radius 2 is 1.63 bits per heavy atom. The number of phenolic OH excluding ortho intramolecular Hbond substituents is 1. The Bertz CT molecular complexity index is 539. The summed E-state index contributed by atoms with van der Waals surface area (Å²) in [6.07, 6.45) is -2.93. The third-order valence-corrected chi connectivity index (χ3v) is 4.54. The van der Waals surface area contributed by atoms with Crippen LogP contribution in [-0.2, 0) is 10.8 Å². The van der Waals surface area contributed by atoms with Gasteiger partial charge in [0.1, 0.15) is 11.6 Å². The SMILES string of the molecule is CC1(c2cc(C3(C(F)(F)F)CC3)c(O)cc2F)CC1. The van der Waals surface area contributed by atoms with E-state index >= 15 is 0 Å². The van der Waals surface area contributed by atoms with Gasteiger partial charge in [0.25, 0.3) is 0 Å². The maximum Gasteiger partial charge on any atom is 0.398 e. The van der Waals surface area contributed by atoms with E-state index < -0.39 is 23.2 Å². The second-order valence-corrected chi connectivity index (χ2v) is 5.99. The Morgan fingerprint density at radius 1 is 1.05 bits per heavy atom. The van der Waals surface area contributed by atoms with Crippen LogP contribution in [-0.4, -0.2) is 11.3 Å². The zero-order chi connectivity index (χ0) is 14.1. The van der Waals surface area contributed by atoms with Crippen LogP contribution in [0.15, 0.2) is 12.1 Å². The highest BCUT2D eigenvalue weighted by atomic mass is 19.4. The van der Waals surface area contributed by atoms with Gasteiger partial charge in [0.15, 0.2) is 0 Å². The fourth-order valence-electron chi connectivity index (χ4n) is 2.70. The van der Waals surface area contributed by atoms with Crippen molar-refractivity contribution >= 4 is 0 Å². The van der Waals surface area contributed by atoms with E-state index in [2.05, 4.69) is 0 Å². The van der Waals surface area contributed by atoms with Crippen LogP contribution in [0.5, 0.6) is 5.75 Å². The molecule has 0 aliphatic heterocycles. The lowest BCUT2D eigenvalue weighted by molar-refractivity contribution is -0.161. The number of hydrogen-bond donors (Lipinski definition) is 1. The molecule has 0 spiro atoms. The predicted molar refractivity (Wildman–Crippen MR) is 61.6 cm³/mol. The van der Waals surface area contributed by atoms with Gasteiger partial charge in [-0.2, -0.15) is 13.2 Å². The summed E-state index contributed by atoms with van der Waals surface area (Å²) in [6.45, 7) is 1.83. The first-order chi connectivity index (χ1) is 8.70. The second-order valence-electron chi connectivity index (χ2n) is 5.99. The van der Waals surface area contributed by atoms with Crippen molar-refractivity contribution in [3.05, 3.63) is 29.1 Å². The number of benzene rings is 1.